The second-order valence-electron chi connectivity index (χ2n) is 9.26. The largest absolute Gasteiger partial charge is 0.300 e. The minimum atomic E-state index is 0.551. The van der Waals surface area contributed by atoms with E-state index < -0.39 is 0 Å². The molecule has 0 amide bonds. The van der Waals surface area contributed by atoms with Gasteiger partial charge in [-0.3, -0.25) is 4.79 Å². The van der Waals surface area contributed by atoms with Crippen molar-refractivity contribution in [1.82, 2.24) is 0 Å². The van der Waals surface area contributed by atoms with Crippen LogP contribution in [-0.4, -0.2) is 5.78 Å². The van der Waals surface area contributed by atoms with Crippen molar-refractivity contribution in [2.45, 2.75) is 72.1 Å². The van der Waals surface area contributed by atoms with E-state index in [-0.39, 0.29) is 0 Å². The molecule has 1 nitrogen and oxygen atoms in total. The third-order valence-corrected chi connectivity index (χ3v) is 8.60. The number of carbonyl (C=O) groups excluding carboxylic acids is 1. The van der Waals surface area contributed by atoms with Crippen molar-refractivity contribution in [2.24, 2.45) is 46.8 Å². The molecule has 4 fully saturated rings. The van der Waals surface area contributed by atoms with Crippen LogP contribution in [0, 0.1) is 46.8 Å². The predicted molar refractivity (Wildman–Crippen MR) is 85.8 cm³/mol. The summed E-state index contributed by atoms with van der Waals surface area (Å²) in [7, 11) is 0. The number of fused-ring (bicyclic) bond motifs is 5. The van der Waals surface area contributed by atoms with Crippen molar-refractivity contribution in [1.29, 1.82) is 0 Å². The standard InChI is InChI=1S/C20H32O/c1-12-13(2)19-16(15-7-6-14(21)11-17(12)15)8-10-20(3)9-4-5-18(19)20/h12-13,15-19H,4-11H2,1-3H3/t12?,13?,15?,16?,17?,18?,19?,20-/m1/s1. The molecule has 4 saturated carbocycles. The summed E-state index contributed by atoms with van der Waals surface area (Å²) in [6.45, 7) is 7.59. The van der Waals surface area contributed by atoms with Crippen LogP contribution in [0.2, 0.25) is 0 Å². The van der Waals surface area contributed by atoms with E-state index in [2.05, 4.69) is 20.8 Å². The molecule has 0 aromatic rings. The van der Waals surface area contributed by atoms with Gasteiger partial charge in [0.15, 0.2) is 0 Å². The Bertz CT molecular complexity index is 441. The Balaban J connectivity index is 1.67. The Hall–Kier alpha value is -0.330. The van der Waals surface area contributed by atoms with Gasteiger partial charge in [-0.25, -0.2) is 0 Å². The second kappa shape index (κ2) is 4.83. The lowest BCUT2D eigenvalue weighted by atomic mass is 9.46. The van der Waals surface area contributed by atoms with Crippen LogP contribution in [-0.2, 0) is 4.79 Å². The van der Waals surface area contributed by atoms with E-state index in [1.165, 1.54) is 38.5 Å². The fraction of sp³-hybridized carbons (Fsp3) is 0.950. The Morgan fingerprint density at radius 2 is 1.76 bits per heavy atom. The number of hydrogen-bond acceptors (Lipinski definition) is 1. The molecular weight excluding hydrogens is 256 g/mol. The fourth-order valence-electron chi connectivity index (χ4n) is 7.38. The van der Waals surface area contributed by atoms with Gasteiger partial charge in [-0.05, 0) is 78.9 Å². The molecule has 0 spiro atoms. The van der Waals surface area contributed by atoms with Crippen molar-refractivity contribution in [3.8, 4) is 0 Å². The van der Waals surface area contributed by atoms with Gasteiger partial charge in [0, 0.05) is 12.8 Å². The lowest BCUT2D eigenvalue weighted by Crippen LogP contribution is -2.53. The molecule has 4 rings (SSSR count). The first-order chi connectivity index (χ1) is 10.0. The van der Waals surface area contributed by atoms with Crippen LogP contribution < -0.4 is 0 Å². The van der Waals surface area contributed by atoms with E-state index in [1.807, 2.05) is 0 Å². The van der Waals surface area contributed by atoms with Gasteiger partial charge in [0.1, 0.15) is 5.78 Å². The zero-order chi connectivity index (χ0) is 14.8. The monoisotopic (exact) mass is 288 g/mol. The third-order valence-electron chi connectivity index (χ3n) is 8.60. The maximum Gasteiger partial charge on any atom is 0.133 e. The van der Waals surface area contributed by atoms with Gasteiger partial charge in [-0.15, -0.1) is 0 Å². The maximum atomic E-state index is 12.0. The summed E-state index contributed by atoms with van der Waals surface area (Å²) < 4.78 is 0. The molecular formula is C20H32O. The minimum absolute atomic E-state index is 0.551. The van der Waals surface area contributed by atoms with E-state index in [0.29, 0.717) is 17.1 Å². The molecule has 1 heteroatoms. The number of rotatable bonds is 0. The van der Waals surface area contributed by atoms with Crippen LogP contribution in [0.1, 0.15) is 72.1 Å². The third kappa shape index (κ3) is 1.98. The van der Waals surface area contributed by atoms with E-state index in [4.69, 9.17) is 0 Å². The first-order valence-corrected chi connectivity index (χ1v) is 9.53. The Morgan fingerprint density at radius 1 is 0.952 bits per heavy atom. The minimum Gasteiger partial charge on any atom is -0.300 e. The van der Waals surface area contributed by atoms with E-state index in [0.717, 1.165) is 48.3 Å². The first kappa shape index (κ1) is 14.3. The summed E-state index contributed by atoms with van der Waals surface area (Å²) in [5, 5.41) is 0. The SMILES string of the molecule is CC1C(C)C2C(CC[C@@]3(C)CCCC23)C2CCC(=O)CC12. The highest BCUT2D eigenvalue weighted by molar-refractivity contribution is 5.79. The molecule has 21 heavy (non-hydrogen) atoms. The highest BCUT2D eigenvalue weighted by Crippen LogP contribution is 2.64. The molecule has 8 atom stereocenters. The first-order valence-electron chi connectivity index (χ1n) is 9.53. The quantitative estimate of drug-likeness (QED) is 0.607. The molecule has 7 unspecified atom stereocenters. The smallest absolute Gasteiger partial charge is 0.133 e. The number of Topliss-reactive ketones (excluding diaryl/α,β-unsaturated/α-hetero) is 1. The fourth-order valence-corrected chi connectivity index (χ4v) is 7.38. The molecule has 0 radical (unpaired) electrons. The topological polar surface area (TPSA) is 17.1 Å². The summed E-state index contributed by atoms with van der Waals surface area (Å²) in [6.07, 6.45) is 10.4. The van der Waals surface area contributed by atoms with Gasteiger partial charge in [0.25, 0.3) is 0 Å². The summed E-state index contributed by atoms with van der Waals surface area (Å²) >= 11 is 0. The molecule has 118 valence electrons. The van der Waals surface area contributed by atoms with Crippen molar-refractivity contribution in [3.05, 3.63) is 0 Å². The van der Waals surface area contributed by atoms with Crippen molar-refractivity contribution >= 4 is 5.78 Å². The summed E-state index contributed by atoms with van der Waals surface area (Å²) in [4.78, 5) is 12.0. The van der Waals surface area contributed by atoms with E-state index >= 15 is 0 Å². The molecule has 0 saturated heterocycles. The van der Waals surface area contributed by atoms with Gasteiger partial charge in [0.05, 0.1) is 0 Å². The lowest BCUT2D eigenvalue weighted by molar-refractivity contribution is -0.136. The Kier molecular flexibility index (Phi) is 3.28. The molecule has 0 aromatic heterocycles. The molecule has 0 aliphatic heterocycles. The molecule has 4 aliphatic carbocycles. The molecule has 0 aromatic carbocycles. The van der Waals surface area contributed by atoms with Crippen LogP contribution in [0.25, 0.3) is 0 Å². The van der Waals surface area contributed by atoms with Crippen LogP contribution in [0.3, 0.4) is 0 Å². The predicted octanol–water partition coefficient (Wildman–Crippen LogP) is 5.09. The highest BCUT2D eigenvalue weighted by Gasteiger charge is 2.57. The number of ketones is 1. The van der Waals surface area contributed by atoms with Gasteiger partial charge in [0.2, 0.25) is 0 Å². The van der Waals surface area contributed by atoms with Gasteiger partial charge < -0.3 is 0 Å². The van der Waals surface area contributed by atoms with Crippen LogP contribution in [0.4, 0.5) is 0 Å². The lowest BCUT2D eigenvalue weighted by Gasteiger charge is -2.59. The molecule has 4 aliphatic rings. The molecule has 0 N–H and O–H groups in total. The Labute approximate surface area is 130 Å². The zero-order valence-corrected chi connectivity index (χ0v) is 14.1. The maximum absolute atomic E-state index is 12.0. The van der Waals surface area contributed by atoms with Crippen LogP contribution >= 0.6 is 0 Å². The number of hydrogen-bond donors (Lipinski definition) is 0. The van der Waals surface area contributed by atoms with E-state index in [9.17, 15) is 4.79 Å². The summed E-state index contributed by atoms with van der Waals surface area (Å²) in [5.41, 5.74) is 0.659. The van der Waals surface area contributed by atoms with Crippen molar-refractivity contribution in [2.75, 3.05) is 0 Å². The van der Waals surface area contributed by atoms with Crippen molar-refractivity contribution in [3.63, 3.8) is 0 Å². The average Bonchev–Trinajstić information content (AvgIpc) is 2.85. The molecule has 0 heterocycles. The van der Waals surface area contributed by atoms with Gasteiger partial charge >= 0.3 is 0 Å². The highest BCUT2D eigenvalue weighted by atomic mass is 16.1. The van der Waals surface area contributed by atoms with Crippen LogP contribution in [0.15, 0.2) is 0 Å². The van der Waals surface area contributed by atoms with E-state index in [1.54, 1.807) is 0 Å². The second-order valence-corrected chi connectivity index (χ2v) is 9.26. The average molecular weight is 288 g/mol. The van der Waals surface area contributed by atoms with Crippen LogP contribution in [0.5, 0.6) is 0 Å². The summed E-state index contributed by atoms with van der Waals surface area (Å²) in [5.74, 6) is 6.66. The van der Waals surface area contributed by atoms with Gasteiger partial charge in [-0.1, -0.05) is 27.2 Å². The van der Waals surface area contributed by atoms with Crippen molar-refractivity contribution < 1.29 is 4.79 Å². The zero-order valence-electron chi connectivity index (χ0n) is 14.1. The normalized spacial score (nSPS) is 56.5. The summed E-state index contributed by atoms with van der Waals surface area (Å²) in [6, 6.07) is 0. The number of carbonyl (C=O) groups is 1. The van der Waals surface area contributed by atoms with Gasteiger partial charge in [-0.2, -0.15) is 0 Å². The molecule has 0 bridgehead atoms. The Morgan fingerprint density at radius 3 is 2.57 bits per heavy atom.